The van der Waals surface area contributed by atoms with Crippen molar-refractivity contribution in [3.63, 3.8) is 0 Å². The van der Waals surface area contributed by atoms with Crippen LogP contribution in [-0.4, -0.2) is 37.6 Å². The molecule has 0 bridgehead atoms. The van der Waals surface area contributed by atoms with Crippen molar-refractivity contribution in [3.8, 4) is 11.8 Å². The van der Waals surface area contributed by atoms with Crippen molar-refractivity contribution in [1.29, 1.82) is 5.26 Å². The number of nitrogens with one attached hydrogen (secondary N) is 1. The number of rotatable bonds is 10. The van der Waals surface area contributed by atoms with Gasteiger partial charge < -0.3 is 15.0 Å². The molecule has 1 rings (SSSR count). The van der Waals surface area contributed by atoms with Crippen molar-refractivity contribution in [2.45, 2.75) is 33.1 Å². The first-order valence-corrected chi connectivity index (χ1v) is 8.41. The number of hydrogen-bond acceptors (Lipinski definition) is 4. The zero-order valence-electron chi connectivity index (χ0n) is 14.8. The SMILES string of the molecule is CCCN(/C=C(/C#N)C(=O)NCCc1ccc(OC)cc1)CCC. The van der Waals surface area contributed by atoms with E-state index in [-0.39, 0.29) is 11.5 Å². The number of carbonyl (C=O) groups is 1. The average molecular weight is 329 g/mol. The molecule has 1 aromatic rings. The van der Waals surface area contributed by atoms with Crippen LogP contribution in [0.4, 0.5) is 0 Å². The topological polar surface area (TPSA) is 65.4 Å². The first kappa shape index (κ1) is 19.6. The van der Waals surface area contributed by atoms with Crippen molar-refractivity contribution >= 4 is 5.91 Å². The molecule has 0 aliphatic rings. The molecule has 0 saturated carbocycles. The molecule has 1 amide bonds. The predicted octanol–water partition coefficient (Wildman–Crippen LogP) is 2.88. The van der Waals surface area contributed by atoms with Gasteiger partial charge in [0.15, 0.2) is 0 Å². The minimum Gasteiger partial charge on any atom is -0.497 e. The van der Waals surface area contributed by atoms with E-state index >= 15 is 0 Å². The van der Waals surface area contributed by atoms with Gasteiger partial charge in [-0.3, -0.25) is 4.79 Å². The highest BCUT2D eigenvalue weighted by atomic mass is 16.5. The van der Waals surface area contributed by atoms with Crippen LogP contribution < -0.4 is 10.1 Å². The maximum Gasteiger partial charge on any atom is 0.263 e. The van der Waals surface area contributed by atoms with Crippen LogP contribution in [0.1, 0.15) is 32.3 Å². The summed E-state index contributed by atoms with van der Waals surface area (Å²) in [6, 6.07) is 9.73. The Morgan fingerprint density at radius 3 is 2.38 bits per heavy atom. The summed E-state index contributed by atoms with van der Waals surface area (Å²) in [6.45, 7) is 6.34. The van der Waals surface area contributed by atoms with Crippen LogP contribution in [0.2, 0.25) is 0 Å². The van der Waals surface area contributed by atoms with Crippen LogP contribution in [0.25, 0.3) is 0 Å². The fourth-order valence-corrected chi connectivity index (χ4v) is 2.34. The van der Waals surface area contributed by atoms with Crippen molar-refractivity contribution < 1.29 is 9.53 Å². The Morgan fingerprint density at radius 2 is 1.88 bits per heavy atom. The highest BCUT2D eigenvalue weighted by molar-refractivity contribution is 5.97. The van der Waals surface area contributed by atoms with Crippen LogP contribution in [0, 0.1) is 11.3 Å². The van der Waals surface area contributed by atoms with Gasteiger partial charge in [0.25, 0.3) is 5.91 Å². The molecule has 0 heterocycles. The van der Waals surface area contributed by atoms with E-state index < -0.39 is 0 Å². The van der Waals surface area contributed by atoms with Gasteiger partial charge in [0.1, 0.15) is 17.4 Å². The van der Waals surface area contributed by atoms with E-state index in [2.05, 4.69) is 19.2 Å². The van der Waals surface area contributed by atoms with Gasteiger partial charge in [-0.15, -0.1) is 0 Å². The molecule has 0 aliphatic heterocycles. The largest absolute Gasteiger partial charge is 0.497 e. The van der Waals surface area contributed by atoms with E-state index in [9.17, 15) is 10.1 Å². The normalized spacial score (nSPS) is 10.8. The minimum atomic E-state index is -0.316. The summed E-state index contributed by atoms with van der Waals surface area (Å²) in [6.07, 6.45) is 4.35. The Balaban J connectivity index is 2.55. The Morgan fingerprint density at radius 1 is 1.25 bits per heavy atom. The van der Waals surface area contributed by atoms with Gasteiger partial charge in [-0.05, 0) is 37.0 Å². The number of benzene rings is 1. The second kappa shape index (κ2) is 11.1. The maximum absolute atomic E-state index is 12.2. The van der Waals surface area contributed by atoms with Gasteiger partial charge in [-0.1, -0.05) is 26.0 Å². The Hall–Kier alpha value is -2.48. The first-order chi connectivity index (χ1) is 11.6. The van der Waals surface area contributed by atoms with E-state index in [1.807, 2.05) is 35.2 Å². The summed E-state index contributed by atoms with van der Waals surface area (Å²) in [5.74, 6) is 0.493. The van der Waals surface area contributed by atoms with Crippen molar-refractivity contribution in [3.05, 3.63) is 41.6 Å². The third-order valence-electron chi connectivity index (χ3n) is 3.56. The second-order valence-corrected chi connectivity index (χ2v) is 5.54. The number of hydrogen-bond donors (Lipinski definition) is 1. The summed E-state index contributed by atoms with van der Waals surface area (Å²) in [5.41, 5.74) is 1.27. The molecule has 0 atom stereocenters. The minimum absolute atomic E-state index is 0.159. The van der Waals surface area contributed by atoms with Crippen molar-refractivity contribution in [1.82, 2.24) is 10.2 Å². The molecule has 0 aromatic heterocycles. The molecule has 130 valence electrons. The lowest BCUT2D eigenvalue weighted by Crippen LogP contribution is -2.29. The molecule has 0 aliphatic carbocycles. The zero-order valence-corrected chi connectivity index (χ0v) is 14.8. The van der Waals surface area contributed by atoms with E-state index in [0.717, 1.165) is 37.2 Å². The van der Waals surface area contributed by atoms with Crippen LogP contribution >= 0.6 is 0 Å². The first-order valence-electron chi connectivity index (χ1n) is 8.41. The molecule has 24 heavy (non-hydrogen) atoms. The monoisotopic (exact) mass is 329 g/mol. The number of amides is 1. The quantitative estimate of drug-likeness (QED) is 0.529. The van der Waals surface area contributed by atoms with E-state index in [1.165, 1.54) is 0 Å². The molecule has 0 fully saturated rings. The summed E-state index contributed by atoms with van der Waals surface area (Å²) in [7, 11) is 1.63. The molecule has 0 spiro atoms. The molecule has 0 unspecified atom stereocenters. The van der Waals surface area contributed by atoms with Gasteiger partial charge in [-0.2, -0.15) is 5.26 Å². The average Bonchev–Trinajstić information content (AvgIpc) is 2.60. The predicted molar refractivity (Wildman–Crippen MR) is 95.6 cm³/mol. The van der Waals surface area contributed by atoms with E-state index in [4.69, 9.17) is 4.74 Å². The summed E-state index contributed by atoms with van der Waals surface area (Å²) in [4.78, 5) is 14.2. The molecule has 1 N–H and O–H groups in total. The Bertz CT molecular complexity index is 567. The molecule has 1 aromatic carbocycles. The highest BCUT2D eigenvalue weighted by Crippen LogP contribution is 2.11. The van der Waals surface area contributed by atoms with Crippen LogP contribution in [0.3, 0.4) is 0 Å². The summed E-state index contributed by atoms with van der Waals surface area (Å²) in [5, 5.41) is 12.0. The maximum atomic E-state index is 12.2. The third-order valence-corrected chi connectivity index (χ3v) is 3.56. The van der Waals surface area contributed by atoms with Crippen molar-refractivity contribution in [2.24, 2.45) is 0 Å². The zero-order chi connectivity index (χ0) is 17.8. The molecular formula is C19H27N3O2. The Kier molecular flexibility index (Phi) is 9.06. The number of methoxy groups -OCH3 is 1. The number of nitrogens with zero attached hydrogens (tertiary/aromatic N) is 2. The lowest BCUT2D eigenvalue weighted by molar-refractivity contribution is -0.117. The van der Waals surface area contributed by atoms with Gasteiger partial charge in [-0.25, -0.2) is 0 Å². The number of nitriles is 1. The summed E-state index contributed by atoms with van der Waals surface area (Å²) >= 11 is 0. The lowest BCUT2D eigenvalue weighted by Gasteiger charge is -2.19. The smallest absolute Gasteiger partial charge is 0.263 e. The molecule has 5 nitrogen and oxygen atoms in total. The van der Waals surface area contributed by atoms with Crippen molar-refractivity contribution in [2.75, 3.05) is 26.7 Å². The van der Waals surface area contributed by atoms with Crippen LogP contribution in [0.5, 0.6) is 5.75 Å². The second-order valence-electron chi connectivity index (χ2n) is 5.54. The fraction of sp³-hybridized carbons (Fsp3) is 0.474. The van der Waals surface area contributed by atoms with E-state index in [0.29, 0.717) is 13.0 Å². The number of carbonyl (C=O) groups excluding carboxylic acids is 1. The van der Waals surface area contributed by atoms with Gasteiger partial charge in [0.2, 0.25) is 0 Å². The molecule has 0 radical (unpaired) electrons. The molecular weight excluding hydrogens is 302 g/mol. The standard InChI is InChI=1S/C19H27N3O2/c1-4-12-22(13-5-2)15-17(14-20)19(23)21-11-10-16-6-8-18(24-3)9-7-16/h6-9,15H,4-5,10-13H2,1-3H3,(H,21,23)/b17-15-. The summed E-state index contributed by atoms with van der Waals surface area (Å²) < 4.78 is 5.12. The van der Waals surface area contributed by atoms with Gasteiger partial charge in [0.05, 0.1) is 7.11 Å². The Labute approximate surface area is 144 Å². The van der Waals surface area contributed by atoms with E-state index in [1.54, 1.807) is 13.3 Å². The number of ether oxygens (including phenoxy) is 1. The van der Waals surface area contributed by atoms with Gasteiger partial charge >= 0.3 is 0 Å². The van der Waals surface area contributed by atoms with Gasteiger partial charge in [0, 0.05) is 25.8 Å². The molecule has 5 heteroatoms. The lowest BCUT2D eigenvalue weighted by atomic mass is 10.1. The third kappa shape index (κ3) is 6.74. The van der Waals surface area contributed by atoms with Crippen LogP contribution in [-0.2, 0) is 11.2 Å². The highest BCUT2D eigenvalue weighted by Gasteiger charge is 2.10. The fourth-order valence-electron chi connectivity index (χ4n) is 2.34. The van der Waals surface area contributed by atoms with Crippen LogP contribution in [0.15, 0.2) is 36.0 Å². The molecule has 0 saturated heterocycles.